The first-order chi connectivity index (χ1) is 13.1. The van der Waals surface area contributed by atoms with E-state index in [9.17, 15) is 13.2 Å². The number of halogens is 3. The Bertz CT molecular complexity index is 831. The minimum atomic E-state index is -0.976. The number of benzene rings is 3. The van der Waals surface area contributed by atoms with Gasteiger partial charge in [-0.25, -0.2) is 13.2 Å². The van der Waals surface area contributed by atoms with Crippen molar-refractivity contribution in [1.29, 1.82) is 0 Å². The van der Waals surface area contributed by atoms with Crippen molar-refractivity contribution in [2.45, 2.75) is 0 Å². The van der Waals surface area contributed by atoms with Gasteiger partial charge < -0.3 is 13.7 Å². The summed E-state index contributed by atoms with van der Waals surface area (Å²) in [6.07, 6.45) is 0. The summed E-state index contributed by atoms with van der Waals surface area (Å²) in [5, 5.41) is 0. The zero-order valence-electron chi connectivity index (χ0n) is 14.0. The quantitative estimate of drug-likeness (QED) is 0.661. The molecule has 0 unspecified atom stereocenters. The lowest BCUT2D eigenvalue weighted by Gasteiger charge is -2.31. The van der Waals surface area contributed by atoms with Crippen LogP contribution in [0.25, 0.3) is 0 Å². The van der Waals surface area contributed by atoms with Crippen LogP contribution in [0.5, 0.6) is 0 Å². The van der Waals surface area contributed by atoms with Gasteiger partial charge in [-0.1, -0.05) is 36.4 Å². The van der Waals surface area contributed by atoms with Crippen molar-refractivity contribution in [3.8, 4) is 0 Å². The zero-order chi connectivity index (χ0) is 18.8. The SMILES string of the molecule is Fc1cccc(B2OB(c3cccc(F)c3)OB(c3cccc(F)c3)O2)c1. The van der Waals surface area contributed by atoms with E-state index in [-0.39, 0.29) is 0 Å². The molecule has 0 bridgehead atoms. The van der Waals surface area contributed by atoms with Crippen LogP contribution in [-0.4, -0.2) is 21.4 Å². The molecule has 0 radical (unpaired) electrons. The van der Waals surface area contributed by atoms with Gasteiger partial charge in [-0.3, -0.25) is 0 Å². The van der Waals surface area contributed by atoms with Crippen molar-refractivity contribution in [2.75, 3.05) is 0 Å². The Morgan fingerprint density at radius 1 is 0.481 bits per heavy atom. The Morgan fingerprint density at radius 2 is 0.778 bits per heavy atom. The topological polar surface area (TPSA) is 27.7 Å². The molecule has 1 aliphatic heterocycles. The molecule has 0 spiro atoms. The fraction of sp³-hybridized carbons (Fsp3) is 0. The second kappa shape index (κ2) is 7.64. The van der Waals surface area contributed by atoms with E-state index >= 15 is 0 Å². The lowest BCUT2D eigenvalue weighted by atomic mass is 9.61. The van der Waals surface area contributed by atoms with Gasteiger partial charge in [0.25, 0.3) is 0 Å². The van der Waals surface area contributed by atoms with Crippen molar-refractivity contribution in [3.63, 3.8) is 0 Å². The highest BCUT2D eigenvalue weighted by Crippen LogP contribution is 2.11. The van der Waals surface area contributed by atoms with Crippen LogP contribution in [0, 0.1) is 17.5 Å². The summed E-state index contributed by atoms with van der Waals surface area (Å²) in [7, 11) is -2.93. The minimum Gasteiger partial charge on any atom is -0.445 e. The molecule has 0 amide bonds. The Kier molecular flexibility index (Phi) is 5.07. The highest BCUT2D eigenvalue weighted by Gasteiger charge is 2.43. The second-order valence-electron chi connectivity index (χ2n) is 6.07. The van der Waals surface area contributed by atoms with Crippen molar-refractivity contribution in [3.05, 3.63) is 90.2 Å². The summed E-state index contributed by atoms with van der Waals surface area (Å²) < 4.78 is 58.2. The Hall–Kier alpha value is -2.48. The summed E-state index contributed by atoms with van der Waals surface area (Å²) in [5.41, 5.74) is 1.29. The maximum atomic E-state index is 13.6. The van der Waals surface area contributed by atoms with Gasteiger partial charge in [-0.05, 0) is 52.8 Å². The maximum absolute atomic E-state index is 13.6. The van der Waals surface area contributed by atoms with E-state index in [1.165, 1.54) is 54.6 Å². The Balaban J connectivity index is 1.70. The summed E-state index contributed by atoms with van der Waals surface area (Å²) in [4.78, 5) is 0. The third-order valence-electron chi connectivity index (χ3n) is 4.10. The van der Waals surface area contributed by atoms with E-state index in [1.807, 2.05) is 0 Å². The van der Waals surface area contributed by atoms with Crippen LogP contribution < -0.4 is 16.4 Å². The largest absolute Gasteiger partial charge is 0.467 e. The molecule has 3 aromatic carbocycles. The molecule has 4 rings (SSSR count). The van der Waals surface area contributed by atoms with E-state index in [2.05, 4.69) is 0 Å². The molecule has 1 saturated heterocycles. The lowest BCUT2D eigenvalue weighted by Crippen LogP contribution is -2.61. The molecule has 0 aliphatic carbocycles. The minimum absolute atomic E-state index is 0.432. The Morgan fingerprint density at radius 3 is 1.04 bits per heavy atom. The summed E-state index contributed by atoms with van der Waals surface area (Å²) in [6.45, 7) is 0. The third kappa shape index (κ3) is 4.11. The van der Waals surface area contributed by atoms with Gasteiger partial charge in [0.05, 0.1) is 0 Å². The molecule has 132 valence electrons. The molecule has 1 fully saturated rings. The Labute approximate surface area is 155 Å². The highest BCUT2D eigenvalue weighted by atomic mass is 19.1. The predicted molar refractivity (Wildman–Crippen MR) is 98.6 cm³/mol. The van der Waals surface area contributed by atoms with Gasteiger partial charge in [-0.2, -0.15) is 0 Å². The number of hydrogen-bond acceptors (Lipinski definition) is 3. The monoisotopic (exact) mass is 366 g/mol. The molecule has 3 aromatic rings. The van der Waals surface area contributed by atoms with Crippen LogP contribution in [0.1, 0.15) is 0 Å². The van der Waals surface area contributed by atoms with Crippen LogP contribution >= 0.6 is 0 Å². The van der Waals surface area contributed by atoms with E-state index < -0.39 is 38.8 Å². The number of hydrogen-bond donors (Lipinski definition) is 0. The normalized spacial score (nSPS) is 14.6. The van der Waals surface area contributed by atoms with E-state index in [0.29, 0.717) is 16.4 Å². The van der Waals surface area contributed by atoms with Crippen molar-refractivity contribution >= 4 is 37.7 Å². The van der Waals surface area contributed by atoms with Crippen LogP contribution in [0.3, 0.4) is 0 Å². The van der Waals surface area contributed by atoms with Crippen LogP contribution in [0.15, 0.2) is 72.8 Å². The molecular formula is C18H12B3F3O3. The highest BCUT2D eigenvalue weighted by molar-refractivity contribution is 6.87. The predicted octanol–water partition coefficient (Wildman–Crippen LogP) is 1.65. The van der Waals surface area contributed by atoms with Crippen LogP contribution in [0.4, 0.5) is 13.2 Å². The zero-order valence-corrected chi connectivity index (χ0v) is 14.0. The fourth-order valence-electron chi connectivity index (χ4n) is 2.86. The molecule has 0 aromatic heterocycles. The average Bonchev–Trinajstić information content (AvgIpc) is 2.68. The molecule has 27 heavy (non-hydrogen) atoms. The molecule has 3 nitrogen and oxygen atoms in total. The van der Waals surface area contributed by atoms with Crippen molar-refractivity contribution in [1.82, 2.24) is 0 Å². The first-order valence-corrected chi connectivity index (χ1v) is 8.31. The molecule has 1 aliphatic rings. The van der Waals surface area contributed by atoms with Gasteiger partial charge >= 0.3 is 21.4 Å². The fourth-order valence-corrected chi connectivity index (χ4v) is 2.86. The second-order valence-corrected chi connectivity index (χ2v) is 6.07. The third-order valence-corrected chi connectivity index (χ3v) is 4.10. The molecule has 0 atom stereocenters. The number of rotatable bonds is 3. The van der Waals surface area contributed by atoms with Gasteiger partial charge in [0.15, 0.2) is 0 Å². The first-order valence-electron chi connectivity index (χ1n) is 8.31. The summed E-state index contributed by atoms with van der Waals surface area (Å²) in [6, 6.07) is 17.3. The van der Waals surface area contributed by atoms with Crippen molar-refractivity contribution in [2.24, 2.45) is 0 Å². The first kappa shape index (κ1) is 17.9. The van der Waals surface area contributed by atoms with Crippen LogP contribution in [0.2, 0.25) is 0 Å². The van der Waals surface area contributed by atoms with Gasteiger partial charge in [0.2, 0.25) is 0 Å². The summed E-state index contributed by atoms with van der Waals surface area (Å²) >= 11 is 0. The van der Waals surface area contributed by atoms with Gasteiger partial charge in [0, 0.05) is 0 Å². The lowest BCUT2D eigenvalue weighted by molar-refractivity contribution is 0.308. The molecular weight excluding hydrogens is 354 g/mol. The van der Waals surface area contributed by atoms with Crippen molar-refractivity contribution < 1.29 is 26.9 Å². The van der Waals surface area contributed by atoms with Gasteiger partial charge in [0.1, 0.15) is 17.5 Å². The van der Waals surface area contributed by atoms with E-state index in [4.69, 9.17) is 13.7 Å². The average molecular weight is 366 g/mol. The van der Waals surface area contributed by atoms with Gasteiger partial charge in [-0.15, -0.1) is 0 Å². The molecule has 9 heteroatoms. The molecule has 0 saturated carbocycles. The molecule has 1 heterocycles. The van der Waals surface area contributed by atoms with E-state index in [0.717, 1.165) is 0 Å². The van der Waals surface area contributed by atoms with Crippen LogP contribution in [-0.2, 0) is 13.7 Å². The van der Waals surface area contributed by atoms with E-state index in [1.54, 1.807) is 18.2 Å². The molecule has 0 N–H and O–H groups in total. The summed E-state index contributed by atoms with van der Waals surface area (Å²) in [5.74, 6) is -1.34. The maximum Gasteiger partial charge on any atom is 0.467 e. The smallest absolute Gasteiger partial charge is 0.445 e. The standard InChI is InChI=1S/C18H12B3F3O3/c22-16-7-1-4-13(10-16)19-25-20(14-5-2-8-17(23)11-14)27-21(26-19)15-6-3-9-18(24)12-15/h1-12H.